The summed E-state index contributed by atoms with van der Waals surface area (Å²) in [7, 11) is 0. The van der Waals surface area contributed by atoms with E-state index in [1.807, 2.05) is 27.7 Å². The monoisotopic (exact) mass is 542 g/mol. The van der Waals surface area contributed by atoms with Crippen LogP contribution in [-0.2, 0) is 37.9 Å². The standard InChI is InChI=1S/C12H20O4.C11H18O5.CH2Cl2/c1-5-6-13-11-10-9(8(2)7-14-11)15-12(3,4)16-10;1-4-5-13-10-9-8(7(12)6-14-10)15-11(2,3)16-9;2-1-3/h5,8-11H,1,6-7H2,2-4H3;4,7-10,12H,1,5-6H2,2-3H3;1H2/t8-,9+,10+,11+;7-,8+,9+,10+;/m11./s1. The molecule has 0 unspecified atom stereocenters. The smallest absolute Gasteiger partial charge is 0.186 e. The Labute approximate surface area is 218 Å². The first-order chi connectivity index (χ1) is 16.5. The van der Waals surface area contributed by atoms with E-state index in [1.165, 1.54) is 0 Å². The highest BCUT2D eigenvalue weighted by atomic mass is 35.5. The van der Waals surface area contributed by atoms with Crippen LogP contribution >= 0.6 is 23.2 Å². The molecule has 4 aliphatic heterocycles. The molecule has 0 amide bonds. The van der Waals surface area contributed by atoms with Crippen molar-refractivity contribution in [2.24, 2.45) is 5.92 Å². The molecule has 9 nitrogen and oxygen atoms in total. The first kappa shape index (κ1) is 30.9. The molecule has 35 heavy (non-hydrogen) atoms. The van der Waals surface area contributed by atoms with E-state index in [2.05, 4.69) is 20.1 Å². The van der Waals surface area contributed by atoms with E-state index in [4.69, 9.17) is 61.1 Å². The van der Waals surface area contributed by atoms with Crippen molar-refractivity contribution in [3.05, 3.63) is 25.3 Å². The maximum atomic E-state index is 9.75. The zero-order valence-corrected chi connectivity index (χ0v) is 22.7. The first-order valence-electron chi connectivity index (χ1n) is 11.7. The molecule has 0 aromatic carbocycles. The number of aliphatic hydroxyl groups is 1. The number of hydrogen-bond donors (Lipinski definition) is 1. The molecule has 0 bridgehead atoms. The minimum atomic E-state index is -0.709. The predicted molar refractivity (Wildman–Crippen MR) is 131 cm³/mol. The quantitative estimate of drug-likeness (QED) is 0.399. The van der Waals surface area contributed by atoms with Gasteiger partial charge in [-0.2, -0.15) is 0 Å². The molecule has 0 aliphatic carbocycles. The number of ether oxygens (including phenoxy) is 8. The third-order valence-electron chi connectivity index (χ3n) is 5.52. The van der Waals surface area contributed by atoms with Crippen molar-refractivity contribution in [2.75, 3.05) is 31.8 Å². The number of hydrogen-bond acceptors (Lipinski definition) is 9. The van der Waals surface area contributed by atoms with Gasteiger partial charge in [-0.25, -0.2) is 0 Å². The molecule has 8 atom stereocenters. The van der Waals surface area contributed by atoms with Gasteiger partial charge in [0.1, 0.15) is 24.4 Å². The Balaban J connectivity index is 0.000000222. The van der Waals surface area contributed by atoms with Crippen molar-refractivity contribution in [3.63, 3.8) is 0 Å². The molecule has 4 aliphatic rings. The van der Waals surface area contributed by atoms with E-state index >= 15 is 0 Å². The van der Waals surface area contributed by atoms with Crippen LogP contribution < -0.4 is 0 Å². The lowest BCUT2D eigenvalue weighted by Gasteiger charge is -2.34. The molecule has 0 spiro atoms. The van der Waals surface area contributed by atoms with Crippen LogP contribution in [0.3, 0.4) is 0 Å². The number of rotatable bonds is 6. The second-order valence-corrected chi connectivity index (χ2v) is 10.2. The summed E-state index contributed by atoms with van der Waals surface area (Å²) in [6.45, 7) is 18.4. The predicted octanol–water partition coefficient (Wildman–Crippen LogP) is 3.55. The van der Waals surface area contributed by atoms with Crippen LogP contribution in [0.2, 0.25) is 0 Å². The maximum absolute atomic E-state index is 9.75. The highest BCUT2D eigenvalue weighted by molar-refractivity contribution is 6.40. The summed E-state index contributed by atoms with van der Waals surface area (Å²) < 4.78 is 44.9. The molecule has 11 heteroatoms. The van der Waals surface area contributed by atoms with E-state index < -0.39 is 36.2 Å². The van der Waals surface area contributed by atoms with E-state index in [1.54, 1.807) is 12.2 Å². The second kappa shape index (κ2) is 14.0. The van der Waals surface area contributed by atoms with Gasteiger partial charge in [0.05, 0.1) is 37.9 Å². The van der Waals surface area contributed by atoms with Crippen molar-refractivity contribution in [1.29, 1.82) is 0 Å². The number of fused-ring (bicyclic) bond motifs is 2. The first-order valence-corrected chi connectivity index (χ1v) is 12.7. The molecule has 1 N–H and O–H groups in total. The summed E-state index contributed by atoms with van der Waals surface area (Å²) >= 11 is 9.53. The summed E-state index contributed by atoms with van der Waals surface area (Å²) in [4.78, 5) is 0. The van der Waals surface area contributed by atoms with Crippen LogP contribution in [0.4, 0.5) is 0 Å². The Bertz CT molecular complexity index is 609. The fraction of sp³-hybridized carbons (Fsp3) is 0.833. The van der Waals surface area contributed by atoms with Gasteiger partial charge in [-0.15, -0.1) is 36.4 Å². The Kier molecular flexibility index (Phi) is 12.4. The molecule has 4 heterocycles. The van der Waals surface area contributed by atoms with Crippen LogP contribution in [0, 0.1) is 5.92 Å². The third-order valence-corrected chi connectivity index (χ3v) is 5.52. The molecular formula is C24H40Cl2O9. The number of aliphatic hydroxyl groups excluding tert-OH is 1. The number of alkyl halides is 2. The van der Waals surface area contributed by atoms with Crippen LogP contribution in [0.15, 0.2) is 25.3 Å². The minimum absolute atomic E-state index is 0.0542. The van der Waals surface area contributed by atoms with Crippen molar-refractivity contribution in [3.8, 4) is 0 Å². The molecule has 4 saturated heterocycles. The Hall–Kier alpha value is -0.300. The molecule has 0 saturated carbocycles. The van der Waals surface area contributed by atoms with Crippen LogP contribution in [0.1, 0.15) is 34.6 Å². The van der Waals surface area contributed by atoms with Gasteiger partial charge in [0, 0.05) is 5.92 Å². The maximum Gasteiger partial charge on any atom is 0.186 e. The van der Waals surface area contributed by atoms with E-state index in [0.717, 1.165) is 0 Å². The number of halogens is 2. The summed E-state index contributed by atoms with van der Waals surface area (Å²) in [6, 6.07) is 0. The van der Waals surface area contributed by atoms with Gasteiger partial charge < -0.3 is 43.0 Å². The Morgan fingerprint density at radius 1 is 0.800 bits per heavy atom. The lowest BCUT2D eigenvalue weighted by Crippen LogP contribution is -2.52. The Morgan fingerprint density at radius 3 is 1.69 bits per heavy atom. The zero-order chi connectivity index (χ0) is 26.2. The SMILES string of the molecule is C=CCO[C@H]1OC[C@@H](C)[C@@H]2OC(C)(C)O[C@H]12.C=CCO[C@H]1OC[C@@H](O)[C@@H]2OC(C)(C)O[C@H]12.ClCCl. The summed E-state index contributed by atoms with van der Waals surface area (Å²) in [5, 5.41) is 9.94. The molecule has 0 aromatic heterocycles. The molecule has 4 fully saturated rings. The largest absolute Gasteiger partial charge is 0.388 e. The van der Waals surface area contributed by atoms with Crippen molar-refractivity contribution in [2.45, 2.75) is 89.3 Å². The normalized spacial score (nSPS) is 38.6. The molecular weight excluding hydrogens is 503 g/mol. The van der Waals surface area contributed by atoms with Crippen molar-refractivity contribution >= 4 is 23.2 Å². The fourth-order valence-electron chi connectivity index (χ4n) is 4.22. The minimum Gasteiger partial charge on any atom is -0.388 e. The van der Waals surface area contributed by atoms with Gasteiger partial charge in [-0.1, -0.05) is 19.1 Å². The summed E-state index contributed by atoms with van der Waals surface area (Å²) in [5.41, 5.74) is 0. The third kappa shape index (κ3) is 8.90. The van der Waals surface area contributed by atoms with E-state index in [-0.39, 0.29) is 30.4 Å². The Morgan fingerprint density at radius 2 is 1.20 bits per heavy atom. The topological polar surface area (TPSA) is 94.1 Å². The van der Waals surface area contributed by atoms with Gasteiger partial charge in [-0.3, -0.25) is 0 Å². The zero-order valence-electron chi connectivity index (χ0n) is 21.2. The highest BCUT2D eigenvalue weighted by Crippen LogP contribution is 2.38. The lowest BCUT2D eigenvalue weighted by molar-refractivity contribution is -0.243. The average molecular weight is 543 g/mol. The lowest BCUT2D eigenvalue weighted by atomic mass is 9.98. The second-order valence-electron chi connectivity index (χ2n) is 9.42. The van der Waals surface area contributed by atoms with Crippen molar-refractivity contribution < 1.29 is 43.0 Å². The fourth-order valence-corrected chi connectivity index (χ4v) is 4.22. The van der Waals surface area contributed by atoms with Gasteiger partial charge in [0.2, 0.25) is 0 Å². The van der Waals surface area contributed by atoms with Gasteiger partial charge in [0.25, 0.3) is 0 Å². The van der Waals surface area contributed by atoms with E-state index in [9.17, 15) is 5.11 Å². The molecule has 4 rings (SSSR count). The molecule has 0 aromatic rings. The summed E-state index contributed by atoms with van der Waals surface area (Å²) in [5.74, 6) is -0.928. The highest BCUT2D eigenvalue weighted by Gasteiger charge is 2.52. The van der Waals surface area contributed by atoms with Crippen LogP contribution in [0.25, 0.3) is 0 Å². The van der Waals surface area contributed by atoms with Crippen molar-refractivity contribution in [1.82, 2.24) is 0 Å². The molecule has 0 radical (unpaired) electrons. The van der Waals surface area contributed by atoms with Gasteiger partial charge in [0.15, 0.2) is 24.2 Å². The van der Waals surface area contributed by atoms with Gasteiger partial charge in [-0.05, 0) is 27.7 Å². The van der Waals surface area contributed by atoms with Crippen LogP contribution in [0.5, 0.6) is 0 Å². The van der Waals surface area contributed by atoms with Gasteiger partial charge >= 0.3 is 0 Å². The molecule has 204 valence electrons. The average Bonchev–Trinajstić information content (AvgIpc) is 3.30. The van der Waals surface area contributed by atoms with E-state index in [0.29, 0.717) is 25.7 Å². The van der Waals surface area contributed by atoms with Crippen LogP contribution in [-0.4, -0.2) is 91.5 Å². The summed E-state index contributed by atoms with van der Waals surface area (Å²) in [6.07, 6.45) is 0.959.